The summed E-state index contributed by atoms with van der Waals surface area (Å²) in [7, 11) is 0. The SMILES string of the molecule is CSC1(CNc2ncnc3ccc([N+](=O)[O-])cc23)CCC1. The number of rotatable bonds is 5. The van der Waals surface area contributed by atoms with Gasteiger partial charge in [0, 0.05) is 28.8 Å². The fourth-order valence-corrected chi connectivity index (χ4v) is 3.48. The highest BCUT2D eigenvalue weighted by atomic mass is 32.2. The summed E-state index contributed by atoms with van der Waals surface area (Å²) < 4.78 is 0.276. The van der Waals surface area contributed by atoms with E-state index in [0.717, 1.165) is 6.54 Å². The van der Waals surface area contributed by atoms with Crippen LogP contribution >= 0.6 is 11.8 Å². The molecule has 1 aliphatic rings. The number of nitrogens with zero attached hydrogens (tertiary/aromatic N) is 3. The van der Waals surface area contributed by atoms with Crippen molar-refractivity contribution < 1.29 is 4.92 Å². The Balaban J connectivity index is 1.90. The van der Waals surface area contributed by atoms with Gasteiger partial charge in [0.25, 0.3) is 5.69 Å². The summed E-state index contributed by atoms with van der Waals surface area (Å²) in [4.78, 5) is 18.9. The molecule has 1 aromatic carbocycles. The van der Waals surface area contributed by atoms with E-state index in [1.165, 1.54) is 37.7 Å². The van der Waals surface area contributed by atoms with Crippen molar-refractivity contribution in [3.8, 4) is 0 Å². The summed E-state index contributed by atoms with van der Waals surface area (Å²) in [6, 6.07) is 4.66. The molecule has 0 aliphatic heterocycles. The summed E-state index contributed by atoms with van der Waals surface area (Å²) in [6.45, 7) is 0.822. The van der Waals surface area contributed by atoms with Crippen LogP contribution in [0.3, 0.4) is 0 Å². The quantitative estimate of drug-likeness (QED) is 0.674. The van der Waals surface area contributed by atoms with Crippen molar-refractivity contribution >= 4 is 34.2 Å². The maximum Gasteiger partial charge on any atom is 0.270 e. The molecule has 1 N–H and O–H groups in total. The number of hydrogen-bond acceptors (Lipinski definition) is 6. The van der Waals surface area contributed by atoms with Crippen LogP contribution < -0.4 is 5.32 Å². The van der Waals surface area contributed by atoms with Gasteiger partial charge in [-0.2, -0.15) is 11.8 Å². The standard InChI is InChI=1S/C14H16N4O2S/c1-21-14(5-2-6-14)8-15-13-11-7-10(18(19)20)3-4-12(11)16-9-17-13/h3-4,7,9H,2,5-6,8H2,1H3,(H,15,16,17). The van der Waals surface area contributed by atoms with Crippen molar-refractivity contribution in [2.24, 2.45) is 0 Å². The van der Waals surface area contributed by atoms with Crippen LogP contribution in [0.4, 0.5) is 11.5 Å². The van der Waals surface area contributed by atoms with Crippen LogP contribution in [0.15, 0.2) is 24.5 Å². The Morgan fingerprint density at radius 2 is 2.24 bits per heavy atom. The molecule has 0 atom stereocenters. The van der Waals surface area contributed by atoms with E-state index < -0.39 is 4.92 Å². The molecule has 0 bridgehead atoms. The third-order valence-corrected chi connectivity index (χ3v) is 5.52. The predicted molar refractivity (Wildman–Crippen MR) is 84.8 cm³/mol. The van der Waals surface area contributed by atoms with Gasteiger partial charge in [-0.25, -0.2) is 9.97 Å². The second-order valence-electron chi connectivity index (χ2n) is 5.28. The normalized spacial score (nSPS) is 16.4. The zero-order valence-electron chi connectivity index (χ0n) is 11.7. The maximum atomic E-state index is 10.9. The van der Waals surface area contributed by atoms with E-state index in [0.29, 0.717) is 16.7 Å². The number of nitro benzene ring substituents is 1. The highest BCUT2D eigenvalue weighted by Gasteiger charge is 2.36. The third-order valence-electron chi connectivity index (χ3n) is 4.11. The van der Waals surface area contributed by atoms with Crippen molar-refractivity contribution in [1.29, 1.82) is 0 Å². The third kappa shape index (κ3) is 2.65. The van der Waals surface area contributed by atoms with Crippen molar-refractivity contribution in [2.45, 2.75) is 24.0 Å². The van der Waals surface area contributed by atoms with Crippen LogP contribution in [0.2, 0.25) is 0 Å². The molecule has 1 saturated carbocycles. The van der Waals surface area contributed by atoms with E-state index in [9.17, 15) is 10.1 Å². The molecule has 1 aromatic heterocycles. The minimum Gasteiger partial charge on any atom is -0.368 e. The molecule has 0 amide bonds. The van der Waals surface area contributed by atoms with Gasteiger partial charge in [-0.3, -0.25) is 10.1 Å². The minimum atomic E-state index is -0.397. The Morgan fingerprint density at radius 3 is 2.86 bits per heavy atom. The van der Waals surface area contributed by atoms with Crippen molar-refractivity contribution in [3.05, 3.63) is 34.6 Å². The van der Waals surface area contributed by atoms with Gasteiger partial charge in [0.05, 0.1) is 10.4 Å². The largest absolute Gasteiger partial charge is 0.368 e. The first-order valence-corrected chi connectivity index (χ1v) is 8.04. The molecular weight excluding hydrogens is 288 g/mol. The van der Waals surface area contributed by atoms with Crippen LogP contribution in [0.25, 0.3) is 10.9 Å². The van der Waals surface area contributed by atoms with Crippen LogP contribution in [0.1, 0.15) is 19.3 Å². The molecule has 0 saturated heterocycles. The fourth-order valence-electron chi connectivity index (χ4n) is 2.57. The van der Waals surface area contributed by atoms with E-state index in [-0.39, 0.29) is 10.4 Å². The van der Waals surface area contributed by atoms with Gasteiger partial charge < -0.3 is 5.32 Å². The Morgan fingerprint density at radius 1 is 1.43 bits per heavy atom. The number of thioether (sulfide) groups is 1. The van der Waals surface area contributed by atoms with Gasteiger partial charge in [0.2, 0.25) is 0 Å². The maximum absolute atomic E-state index is 10.9. The number of fused-ring (bicyclic) bond motifs is 1. The highest BCUT2D eigenvalue weighted by Crippen LogP contribution is 2.42. The number of benzene rings is 1. The van der Waals surface area contributed by atoms with Crippen LogP contribution in [-0.4, -0.2) is 32.4 Å². The topological polar surface area (TPSA) is 81.0 Å². The lowest BCUT2D eigenvalue weighted by Crippen LogP contribution is -2.40. The van der Waals surface area contributed by atoms with Crippen molar-refractivity contribution in [3.63, 3.8) is 0 Å². The predicted octanol–water partition coefficient (Wildman–Crippen LogP) is 3.24. The first-order valence-electron chi connectivity index (χ1n) is 6.82. The van der Waals surface area contributed by atoms with Gasteiger partial charge in [-0.05, 0) is 25.2 Å². The average molecular weight is 304 g/mol. The van der Waals surface area contributed by atoms with E-state index >= 15 is 0 Å². The minimum absolute atomic E-state index is 0.0589. The molecule has 21 heavy (non-hydrogen) atoms. The molecule has 0 radical (unpaired) electrons. The monoisotopic (exact) mass is 304 g/mol. The molecule has 3 rings (SSSR count). The molecule has 2 aromatic rings. The molecule has 1 fully saturated rings. The lowest BCUT2D eigenvalue weighted by Gasteiger charge is -2.40. The van der Waals surface area contributed by atoms with Crippen molar-refractivity contribution in [1.82, 2.24) is 9.97 Å². The lowest BCUT2D eigenvalue weighted by atomic mass is 9.84. The van der Waals surface area contributed by atoms with E-state index in [1.807, 2.05) is 11.8 Å². The number of nitrogens with one attached hydrogen (secondary N) is 1. The summed E-state index contributed by atoms with van der Waals surface area (Å²) in [5, 5.41) is 15.0. The summed E-state index contributed by atoms with van der Waals surface area (Å²) in [5.74, 6) is 0.670. The van der Waals surface area contributed by atoms with Crippen molar-refractivity contribution in [2.75, 3.05) is 18.1 Å². The number of anilines is 1. The van der Waals surface area contributed by atoms with Gasteiger partial charge >= 0.3 is 0 Å². The first-order chi connectivity index (χ1) is 10.1. The molecule has 0 spiro atoms. The van der Waals surface area contributed by atoms with Crippen LogP contribution in [0.5, 0.6) is 0 Å². The molecule has 6 nitrogen and oxygen atoms in total. The Labute approximate surface area is 126 Å². The first kappa shape index (κ1) is 14.1. The van der Waals surface area contributed by atoms with Gasteiger partial charge in [0.1, 0.15) is 12.1 Å². The number of hydrogen-bond donors (Lipinski definition) is 1. The van der Waals surface area contributed by atoms with E-state index in [4.69, 9.17) is 0 Å². The lowest BCUT2D eigenvalue weighted by molar-refractivity contribution is -0.384. The Kier molecular flexibility index (Phi) is 3.67. The Bertz CT molecular complexity index is 682. The zero-order valence-corrected chi connectivity index (χ0v) is 12.5. The molecule has 110 valence electrons. The highest BCUT2D eigenvalue weighted by molar-refractivity contribution is 8.00. The van der Waals surface area contributed by atoms with Crippen LogP contribution in [0, 0.1) is 10.1 Å². The smallest absolute Gasteiger partial charge is 0.270 e. The second-order valence-corrected chi connectivity index (χ2v) is 6.55. The van der Waals surface area contributed by atoms with E-state index in [2.05, 4.69) is 21.5 Å². The Hall–Kier alpha value is -1.89. The van der Waals surface area contributed by atoms with E-state index in [1.54, 1.807) is 6.07 Å². The van der Waals surface area contributed by atoms with Gasteiger partial charge in [-0.15, -0.1) is 0 Å². The summed E-state index contributed by atoms with van der Waals surface area (Å²) in [6.07, 6.45) is 7.28. The van der Waals surface area contributed by atoms with Gasteiger partial charge in [-0.1, -0.05) is 6.42 Å². The number of nitro groups is 1. The molecular formula is C14H16N4O2S. The molecule has 1 heterocycles. The van der Waals surface area contributed by atoms with Gasteiger partial charge in [0.15, 0.2) is 0 Å². The number of aromatic nitrogens is 2. The second kappa shape index (κ2) is 5.48. The molecule has 0 unspecified atom stereocenters. The number of non-ortho nitro benzene ring substituents is 1. The summed E-state index contributed by atoms with van der Waals surface area (Å²) >= 11 is 1.88. The molecule has 7 heteroatoms. The summed E-state index contributed by atoms with van der Waals surface area (Å²) in [5.41, 5.74) is 0.772. The zero-order chi connectivity index (χ0) is 14.9. The fraction of sp³-hybridized carbons (Fsp3) is 0.429. The van der Waals surface area contributed by atoms with Crippen LogP contribution in [-0.2, 0) is 0 Å². The average Bonchev–Trinajstić information content (AvgIpc) is 2.46. The molecule has 1 aliphatic carbocycles.